The average Bonchev–Trinajstić information content (AvgIpc) is 3.20. The maximum absolute atomic E-state index is 6.99. The van der Waals surface area contributed by atoms with E-state index in [1.165, 1.54) is 27.8 Å². The maximum atomic E-state index is 6.99. The molecular formula is C36H59BO3Si. The molecule has 0 amide bonds. The van der Waals surface area contributed by atoms with Crippen molar-refractivity contribution in [2.24, 2.45) is 5.41 Å². The highest BCUT2D eigenvalue weighted by atomic mass is 28.4. The average molecular weight is 579 g/mol. The van der Waals surface area contributed by atoms with Crippen molar-refractivity contribution in [3.63, 3.8) is 0 Å². The minimum atomic E-state index is -1.85. The van der Waals surface area contributed by atoms with Crippen LogP contribution in [0.3, 0.4) is 0 Å². The zero-order chi connectivity index (χ0) is 31.0. The Morgan fingerprint density at radius 3 is 1.78 bits per heavy atom. The van der Waals surface area contributed by atoms with Gasteiger partial charge in [0.1, 0.15) is 0 Å². The van der Waals surface area contributed by atoms with E-state index in [0.717, 1.165) is 31.1 Å². The van der Waals surface area contributed by atoms with Crippen molar-refractivity contribution in [3.8, 4) is 0 Å². The smallest absolute Gasteiger partial charge is 0.413 e. The Morgan fingerprint density at radius 1 is 0.829 bits per heavy atom. The lowest BCUT2D eigenvalue weighted by molar-refractivity contribution is 0.0657. The van der Waals surface area contributed by atoms with Gasteiger partial charge in [-0.2, -0.15) is 0 Å². The largest absolute Gasteiger partial charge is 0.494 e. The van der Waals surface area contributed by atoms with Crippen LogP contribution in [0.1, 0.15) is 116 Å². The van der Waals surface area contributed by atoms with Crippen LogP contribution >= 0.6 is 0 Å². The van der Waals surface area contributed by atoms with Crippen LogP contribution in [0.15, 0.2) is 36.4 Å². The van der Waals surface area contributed by atoms with Crippen LogP contribution in [0, 0.1) is 19.3 Å². The minimum absolute atomic E-state index is 0.0239. The number of rotatable bonds is 10. The summed E-state index contributed by atoms with van der Waals surface area (Å²) in [4.78, 5) is 0. The van der Waals surface area contributed by atoms with Crippen molar-refractivity contribution < 1.29 is 13.7 Å². The molecule has 1 fully saturated rings. The van der Waals surface area contributed by atoms with Gasteiger partial charge in [0.25, 0.3) is 0 Å². The molecule has 0 radical (unpaired) electrons. The Labute approximate surface area is 254 Å². The van der Waals surface area contributed by atoms with Crippen LogP contribution in [0.5, 0.6) is 0 Å². The van der Waals surface area contributed by atoms with Gasteiger partial charge >= 0.3 is 7.12 Å². The van der Waals surface area contributed by atoms with E-state index in [9.17, 15) is 0 Å². The van der Waals surface area contributed by atoms with Crippen molar-refractivity contribution >= 4 is 20.9 Å². The number of hydrogen-bond acceptors (Lipinski definition) is 3. The minimum Gasteiger partial charge on any atom is -0.413 e. The summed E-state index contributed by atoms with van der Waals surface area (Å²) in [6.07, 6.45) is 4.67. The number of aryl methyl sites for hydroxylation is 3. The summed E-state index contributed by atoms with van der Waals surface area (Å²) >= 11 is 0. The lowest BCUT2D eigenvalue weighted by Gasteiger charge is -2.43. The molecule has 0 saturated carbocycles. The number of benzene rings is 2. The van der Waals surface area contributed by atoms with Crippen molar-refractivity contribution in [1.82, 2.24) is 0 Å². The van der Waals surface area contributed by atoms with Crippen LogP contribution in [0.4, 0.5) is 0 Å². The van der Waals surface area contributed by atoms with Crippen molar-refractivity contribution in [2.45, 2.75) is 151 Å². The van der Waals surface area contributed by atoms with Gasteiger partial charge in [0, 0.05) is 5.41 Å². The summed E-state index contributed by atoms with van der Waals surface area (Å²) in [6, 6.07) is 14.2. The first-order valence-corrected chi connectivity index (χ1v) is 19.0. The first kappa shape index (κ1) is 34.1. The molecular weight excluding hydrogens is 519 g/mol. The van der Waals surface area contributed by atoms with Crippen molar-refractivity contribution in [1.29, 1.82) is 0 Å². The Kier molecular flexibility index (Phi) is 10.5. The third-order valence-electron chi connectivity index (χ3n) is 10.4. The molecule has 3 nitrogen and oxygen atoms in total. The third kappa shape index (κ3) is 7.40. The molecule has 2 aromatic carbocycles. The summed E-state index contributed by atoms with van der Waals surface area (Å²) in [6.45, 7) is 32.1. The molecule has 0 aromatic heterocycles. The molecule has 1 heterocycles. The molecule has 3 unspecified atom stereocenters. The van der Waals surface area contributed by atoms with Gasteiger partial charge in [-0.1, -0.05) is 97.4 Å². The topological polar surface area (TPSA) is 27.7 Å². The Balaban J connectivity index is 1.86. The quantitative estimate of drug-likeness (QED) is 0.263. The SMILES string of the molecule is CCC(CC)(c1ccc(CCC(O[Si](C)(C)C(C)(C)C)C(C)(C)C)c(C)c1)c1ccc(B2OC(C)C(C)O2)c(C)c1. The fourth-order valence-corrected chi connectivity index (χ4v) is 7.56. The second kappa shape index (κ2) is 12.7. The first-order valence-electron chi connectivity index (χ1n) is 16.1. The highest BCUT2D eigenvalue weighted by Crippen LogP contribution is 2.42. The molecule has 0 aliphatic carbocycles. The van der Waals surface area contributed by atoms with E-state index < -0.39 is 8.32 Å². The van der Waals surface area contributed by atoms with Crippen LogP contribution in [0.2, 0.25) is 18.1 Å². The highest BCUT2D eigenvalue weighted by Gasteiger charge is 2.42. The van der Waals surface area contributed by atoms with Gasteiger partial charge in [-0.05, 0) is 105 Å². The molecule has 228 valence electrons. The fraction of sp³-hybridized carbons (Fsp3) is 0.667. The Bertz CT molecular complexity index is 1160. The summed E-state index contributed by atoms with van der Waals surface area (Å²) in [5.41, 5.74) is 8.09. The van der Waals surface area contributed by atoms with Crippen molar-refractivity contribution in [3.05, 3.63) is 64.2 Å². The van der Waals surface area contributed by atoms with E-state index in [1.807, 2.05) is 0 Å². The summed E-state index contributed by atoms with van der Waals surface area (Å²) < 4.78 is 19.2. The second-order valence-electron chi connectivity index (χ2n) is 15.3. The highest BCUT2D eigenvalue weighted by molar-refractivity contribution is 6.74. The van der Waals surface area contributed by atoms with E-state index in [4.69, 9.17) is 13.7 Å². The molecule has 0 N–H and O–H groups in total. The predicted molar refractivity (Wildman–Crippen MR) is 180 cm³/mol. The van der Waals surface area contributed by atoms with Gasteiger partial charge in [-0.15, -0.1) is 0 Å². The lowest BCUT2D eigenvalue weighted by Crippen LogP contribution is -2.47. The molecule has 0 bridgehead atoms. The molecule has 0 spiro atoms. The van der Waals surface area contributed by atoms with Gasteiger partial charge in [-0.25, -0.2) is 0 Å². The summed E-state index contributed by atoms with van der Waals surface area (Å²) in [5.74, 6) is 0. The molecule has 1 saturated heterocycles. The molecule has 41 heavy (non-hydrogen) atoms. The van der Waals surface area contributed by atoms with Crippen LogP contribution in [-0.4, -0.2) is 33.7 Å². The van der Waals surface area contributed by atoms with Crippen molar-refractivity contribution in [2.75, 3.05) is 0 Å². The predicted octanol–water partition coefficient (Wildman–Crippen LogP) is 9.30. The molecule has 1 aliphatic heterocycles. The van der Waals surface area contributed by atoms with Gasteiger partial charge in [0.15, 0.2) is 8.32 Å². The van der Waals surface area contributed by atoms with E-state index in [-0.39, 0.29) is 41.3 Å². The zero-order valence-electron chi connectivity index (χ0n) is 28.8. The molecule has 3 atom stereocenters. The standard InChI is InChI=1S/C36H59BO3Si/c1-15-36(16-2,31-20-21-32(26(4)24-31)37-38-27(5)28(6)39-37)30-19-17-29(25(3)23-30)18-22-33(34(7,8)9)40-41(13,14)35(10,11)12/h17,19-21,23-24,27-28,33H,15-16,18,22H2,1-14H3. The van der Waals surface area contributed by atoms with Gasteiger partial charge in [0.2, 0.25) is 0 Å². The normalized spacial score (nSPS) is 19.6. The monoisotopic (exact) mass is 578 g/mol. The molecule has 5 heteroatoms. The number of hydrogen-bond donors (Lipinski definition) is 0. The summed E-state index contributed by atoms with van der Waals surface area (Å²) in [5, 5.41) is 0.211. The molecule has 1 aliphatic rings. The maximum Gasteiger partial charge on any atom is 0.494 e. The zero-order valence-corrected chi connectivity index (χ0v) is 29.8. The van der Waals surface area contributed by atoms with Crippen LogP contribution in [-0.2, 0) is 25.6 Å². The first-order chi connectivity index (χ1) is 18.9. The van der Waals surface area contributed by atoms with E-state index >= 15 is 0 Å². The van der Waals surface area contributed by atoms with Crippen LogP contribution < -0.4 is 5.46 Å². The Morgan fingerprint density at radius 2 is 1.34 bits per heavy atom. The molecule has 3 rings (SSSR count). The Hall–Kier alpha value is -1.40. The van der Waals surface area contributed by atoms with E-state index in [1.54, 1.807) is 0 Å². The van der Waals surface area contributed by atoms with E-state index in [2.05, 4.69) is 133 Å². The third-order valence-corrected chi connectivity index (χ3v) is 14.9. The summed E-state index contributed by atoms with van der Waals surface area (Å²) in [7, 11) is -2.12. The van der Waals surface area contributed by atoms with E-state index in [0.29, 0.717) is 0 Å². The van der Waals surface area contributed by atoms with Gasteiger partial charge in [-0.3, -0.25) is 0 Å². The fourth-order valence-electron chi connectivity index (χ4n) is 6.02. The second-order valence-corrected chi connectivity index (χ2v) is 20.0. The lowest BCUT2D eigenvalue weighted by atomic mass is 9.67. The van der Waals surface area contributed by atoms with Gasteiger partial charge in [0.05, 0.1) is 18.3 Å². The van der Waals surface area contributed by atoms with Crippen LogP contribution in [0.25, 0.3) is 0 Å². The van der Waals surface area contributed by atoms with Gasteiger partial charge < -0.3 is 13.7 Å². The molecule has 2 aromatic rings.